The fourth-order valence-electron chi connectivity index (χ4n) is 3.78. The average molecular weight is 555 g/mol. The van der Waals surface area contributed by atoms with Crippen molar-refractivity contribution in [2.45, 2.75) is 17.3 Å². The molecule has 0 saturated carbocycles. The smallest absolute Gasteiger partial charge is 0.236 e. The zero-order chi connectivity index (χ0) is 25.6. The van der Waals surface area contributed by atoms with E-state index >= 15 is 0 Å². The number of benzene rings is 3. The normalized spacial score (nSPS) is 14.5. The van der Waals surface area contributed by atoms with Crippen molar-refractivity contribution in [2.24, 2.45) is 0 Å². The summed E-state index contributed by atoms with van der Waals surface area (Å²) in [6.45, 7) is 0. The molecule has 0 aliphatic rings. The van der Waals surface area contributed by atoms with E-state index in [2.05, 4.69) is 36.4 Å². The Kier molecular flexibility index (Phi) is 9.66. The van der Waals surface area contributed by atoms with Gasteiger partial charge in [0.25, 0.3) is 0 Å². The maximum absolute atomic E-state index is 14.4. The van der Waals surface area contributed by atoms with Gasteiger partial charge in [0.2, 0.25) is 0 Å². The van der Waals surface area contributed by atoms with E-state index in [1.54, 1.807) is 0 Å². The van der Waals surface area contributed by atoms with E-state index in [1.165, 1.54) is 0 Å². The van der Waals surface area contributed by atoms with Crippen LogP contribution in [0.2, 0.25) is 0 Å². The third kappa shape index (κ3) is 10.0. The molecule has 0 N–H and O–H groups in total. The standard InChI is InChI=1S/C27H39O4PS3/c1-33(2,22-25-16-10-7-11-17-25)29-32(28,30-34(3,4)23-26-18-12-8-13-19-26)31-35(5,6)24-27-20-14-9-15-21-27/h7-21H,22-24H2,1-6H3. The average Bonchev–Trinajstić information content (AvgIpc) is 2.73. The Balaban J connectivity index is 1.85. The minimum atomic E-state index is -3.88. The topological polar surface area (TPSA) is 44.8 Å². The molecule has 0 radical (unpaired) electrons. The van der Waals surface area contributed by atoms with Crippen molar-refractivity contribution in [2.75, 3.05) is 37.5 Å². The molecule has 0 atom stereocenters. The molecule has 3 aromatic carbocycles. The molecule has 0 aliphatic heterocycles. The Morgan fingerprint density at radius 2 is 0.714 bits per heavy atom. The molecule has 0 fully saturated rings. The Bertz CT molecular complexity index is 966. The Morgan fingerprint density at radius 3 is 0.943 bits per heavy atom. The number of rotatable bonds is 12. The lowest BCUT2D eigenvalue weighted by Crippen LogP contribution is -2.12. The van der Waals surface area contributed by atoms with Crippen LogP contribution in [0.5, 0.6) is 0 Å². The largest absolute Gasteiger partial charge is 0.503 e. The Morgan fingerprint density at radius 1 is 0.486 bits per heavy atom. The molecule has 3 aromatic rings. The van der Waals surface area contributed by atoms with Crippen LogP contribution in [0, 0.1) is 0 Å². The van der Waals surface area contributed by atoms with E-state index < -0.39 is 38.7 Å². The van der Waals surface area contributed by atoms with Gasteiger partial charge in [0.15, 0.2) is 0 Å². The molecule has 4 nitrogen and oxygen atoms in total. The highest BCUT2D eigenvalue weighted by atomic mass is 32.3. The maximum atomic E-state index is 14.4. The second-order valence-electron chi connectivity index (χ2n) is 9.87. The summed E-state index contributed by atoms with van der Waals surface area (Å²) in [7, 11) is -9.19. The van der Waals surface area contributed by atoms with Crippen LogP contribution in [0.4, 0.5) is 0 Å². The SMILES string of the molecule is CS(C)(Cc1ccccc1)OP(=O)(OS(C)(C)Cc1ccccc1)OS(C)(C)Cc1ccccc1. The van der Waals surface area contributed by atoms with Gasteiger partial charge >= 0.3 is 7.82 Å². The van der Waals surface area contributed by atoms with Crippen molar-refractivity contribution in [3.8, 4) is 0 Å². The van der Waals surface area contributed by atoms with Crippen LogP contribution >= 0.6 is 38.7 Å². The first-order valence-electron chi connectivity index (χ1n) is 11.3. The Hall–Kier alpha value is -1.18. The summed E-state index contributed by atoms with van der Waals surface area (Å²) < 4.78 is 33.7. The summed E-state index contributed by atoms with van der Waals surface area (Å²) in [4.78, 5) is 0. The summed E-state index contributed by atoms with van der Waals surface area (Å²) >= 11 is 0. The second kappa shape index (κ2) is 11.9. The van der Waals surface area contributed by atoms with Crippen molar-refractivity contribution < 1.29 is 16.5 Å². The van der Waals surface area contributed by atoms with E-state index in [0.717, 1.165) is 16.7 Å². The van der Waals surface area contributed by atoms with Gasteiger partial charge in [-0.05, 0) is 54.2 Å². The zero-order valence-electron chi connectivity index (χ0n) is 21.6. The summed E-state index contributed by atoms with van der Waals surface area (Å²) in [6, 6.07) is 30.5. The molecule has 0 aliphatic carbocycles. The predicted octanol–water partition coefficient (Wildman–Crippen LogP) is 8.68. The number of hydrogen-bond donors (Lipinski definition) is 0. The van der Waals surface area contributed by atoms with E-state index in [0.29, 0.717) is 17.3 Å². The van der Waals surface area contributed by atoms with Crippen molar-refractivity contribution in [3.63, 3.8) is 0 Å². The van der Waals surface area contributed by atoms with Crippen LogP contribution in [-0.4, -0.2) is 37.5 Å². The van der Waals surface area contributed by atoms with E-state index in [-0.39, 0.29) is 0 Å². The molecule has 194 valence electrons. The predicted molar refractivity (Wildman–Crippen MR) is 160 cm³/mol. The van der Waals surface area contributed by atoms with Gasteiger partial charge in [0, 0.05) is 17.3 Å². The molecule has 35 heavy (non-hydrogen) atoms. The van der Waals surface area contributed by atoms with Crippen molar-refractivity contribution in [1.29, 1.82) is 0 Å². The molecule has 0 unspecified atom stereocenters. The molecule has 3 rings (SSSR count). The van der Waals surface area contributed by atoms with Gasteiger partial charge in [-0.2, -0.15) is 0 Å². The molecule has 8 heteroatoms. The molecule has 0 spiro atoms. The van der Waals surface area contributed by atoms with Gasteiger partial charge in [-0.3, -0.25) is 0 Å². The minimum absolute atomic E-state index is 0.674. The van der Waals surface area contributed by atoms with Crippen LogP contribution in [0.3, 0.4) is 0 Å². The van der Waals surface area contributed by atoms with Crippen molar-refractivity contribution in [1.82, 2.24) is 0 Å². The molecular weight excluding hydrogens is 515 g/mol. The number of phosphoric acid groups is 1. The summed E-state index contributed by atoms with van der Waals surface area (Å²) in [5.74, 6) is 2.02. The highest BCUT2D eigenvalue weighted by Gasteiger charge is 2.41. The van der Waals surface area contributed by atoms with Gasteiger partial charge in [-0.15, -0.1) is 30.9 Å². The highest BCUT2D eigenvalue weighted by Crippen LogP contribution is 2.75. The van der Waals surface area contributed by atoms with Gasteiger partial charge in [-0.25, -0.2) is 16.5 Å². The zero-order valence-corrected chi connectivity index (χ0v) is 24.9. The first-order chi connectivity index (χ1) is 16.4. The van der Waals surface area contributed by atoms with Crippen LogP contribution < -0.4 is 0 Å². The van der Waals surface area contributed by atoms with Gasteiger partial charge in [-0.1, -0.05) is 91.0 Å². The van der Waals surface area contributed by atoms with E-state index in [1.807, 2.05) is 92.1 Å². The van der Waals surface area contributed by atoms with Crippen LogP contribution in [0.25, 0.3) is 0 Å². The lowest BCUT2D eigenvalue weighted by molar-refractivity contribution is 0.337. The molecular formula is C27H39O4PS3. The summed E-state index contributed by atoms with van der Waals surface area (Å²) in [6.07, 6.45) is 12.2. The van der Waals surface area contributed by atoms with Gasteiger partial charge in [0.05, 0.1) is 0 Å². The summed E-state index contributed by atoms with van der Waals surface area (Å²) in [5, 5.41) is 0. The third-order valence-corrected chi connectivity index (χ3v) is 15.1. The molecule has 0 aromatic heterocycles. The molecule has 0 saturated heterocycles. The van der Waals surface area contributed by atoms with E-state index in [9.17, 15) is 4.57 Å². The fourth-order valence-corrected chi connectivity index (χ4v) is 14.3. The van der Waals surface area contributed by atoms with E-state index in [4.69, 9.17) is 11.9 Å². The minimum Gasteiger partial charge on any atom is -0.236 e. The quantitative estimate of drug-likeness (QED) is 0.210. The maximum Gasteiger partial charge on any atom is 0.503 e. The highest BCUT2D eigenvalue weighted by molar-refractivity contribution is 8.33. The van der Waals surface area contributed by atoms with Crippen molar-refractivity contribution >= 4 is 38.7 Å². The Labute approximate surface area is 217 Å². The van der Waals surface area contributed by atoms with Crippen LogP contribution in [0.15, 0.2) is 91.0 Å². The monoisotopic (exact) mass is 554 g/mol. The van der Waals surface area contributed by atoms with Gasteiger partial charge in [0.1, 0.15) is 0 Å². The molecule has 0 heterocycles. The lowest BCUT2D eigenvalue weighted by Gasteiger charge is -2.42. The second-order valence-corrected chi connectivity index (χ2v) is 22.0. The lowest BCUT2D eigenvalue weighted by atomic mass is 10.2. The molecule has 0 bridgehead atoms. The fraction of sp³-hybridized carbons (Fsp3) is 0.333. The third-order valence-electron chi connectivity index (χ3n) is 4.95. The van der Waals surface area contributed by atoms with Crippen molar-refractivity contribution in [3.05, 3.63) is 108 Å². The van der Waals surface area contributed by atoms with Crippen LogP contribution in [-0.2, 0) is 33.7 Å². The van der Waals surface area contributed by atoms with Crippen LogP contribution in [0.1, 0.15) is 16.7 Å². The van der Waals surface area contributed by atoms with Gasteiger partial charge < -0.3 is 0 Å². The first kappa shape index (κ1) is 28.4. The molecule has 0 amide bonds. The summed E-state index contributed by atoms with van der Waals surface area (Å²) in [5.41, 5.74) is 3.43. The number of hydrogen-bond acceptors (Lipinski definition) is 4. The first-order valence-corrected chi connectivity index (χ1v) is 20.4.